The second-order valence-electron chi connectivity index (χ2n) is 16.4. The Morgan fingerprint density at radius 1 is 0.883 bits per heavy atom. The molecule has 5 heterocycles. The number of benzene rings is 1. The number of likely N-dealkylation sites (tertiary alicyclic amines) is 3. The number of carbonyl (C=O) groups excluding carboxylic acids is 3. The Morgan fingerprint density at radius 2 is 1.42 bits per heavy atom. The van der Waals surface area contributed by atoms with Crippen LogP contribution < -0.4 is 35.0 Å². The smallest absolute Gasteiger partial charge is 0.547 e. The molecule has 3 aliphatic rings. The number of nitrogens with zero attached hydrogens (tertiary/aromatic N) is 6. The number of amides is 2. The van der Waals surface area contributed by atoms with Gasteiger partial charge in [0.05, 0.1) is 11.7 Å². The molecule has 5 N–H and O–H groups in total. The third kappa shape index (κ3) is 13.9. The van der Waals surface area contributed by atoms with Gasteiger partial charge < -0.3 is 40.3 Å². The number of anilines is 2. The molecule has 2 amide bonds. The van der Waals surface area contributed by atoms with Crippen molar-refractivity contribution in [1.82, 2.24) is 24.7 Å². The van der Waals surface area contributed by atoms with E-state index in [1.54, 1.807) is 46.3 Å². The van der Waals surface area contributed by atoms with Crippen molar-refractivity contribution in [1.29, 1.82) is 0 Å². The summed E-state index contributed by atoms with van der Waals surface area (Å²) in [5, 5.41) is 39.6. The van der Waals surface area contributed by atoms with E-state index in [1.165, 1.54) is 0 Å². The Balaban J connectivity index is 0.000000273. The van der Waals surface area contributed by atoms with Gasteiger partial charge in [0.2, 0.25) is 0 Å². The summed E-state index contributed by atoms with van der Waals surface area (Å²) in [6.07, 6.45) is 5.35. The van der Waals surface area contributed by atoms with Gasteiger partial charge in [-0.1, -0.05) is 28.9 Å². The number of aliphatic carboxylic acids is 1. The van der Waals surface area contributed by atoms with Crippen LogP contribution in [0, 0.1) is 5.92 Å². The van der Waals surface area contributed by atoms with Crippen LogP contribution in [0.15, 0.2) is 66.1 Å². The number of halogens is 1. The first-order valence-corrected chi connectivity index (χ1v) is 20.3. The van der Waals surface area contributed by atoms with Crippen molar-refractivity contribution in [3.05, 3.63) is 82.6 Å². The van der Waals surface area contributed by atoms with Crippen molar-refractivity contribution < 1.29 is 58.1 Å². The number of ether oxygens (including phenoxy) is 1. The molecular weight excluding hydrogens is 787 g/mol. The molecule has 0 aliphatic carbocycles. The van der Waals surface area contributed by atoms with Crippen LogP contribution in [-0.4, -0.2) is 122 Å². The van der Waals surface area contributed by atoms with E-state index in [9.17, 15) is 29.7 Å². The third-order valence-corrected chi connectivity index (χ3v) is 11.0. The zero-order valence-electron chi connectivity index (χ0n) is 35.2. The number of carboxylic acids is 1. The van der Waals surface area contributed by atoms with Crippen LogP contribution in [0.25, 0.3) is 0 Å². The third-order valence-electron chi connectivity index (χ3n) is 10.8. The van der Waals surface area contributed by atoms with Gasteiger partial charge in [0, 0.05) is 75.7 Å². The molecule has 18 heteroatoms. The minimum Gasteiger partial charge on any atom is -0.547 e. The summed E-state index contributed by atoms with van der Waals surface area (Å²) in [5.41, 5.74) is 5.98. The molecule has 0 saturated carbocycles. The van der Waals surface area contributed by atoms with Crippen molar-refractivity contribution in [2.75, 3.05) is 57.4 Å². The Hall–Kier alpha value is -4.27. The number of aromatic nitrogens is 2. The monoisotopic (exact) mass is 842 g/mol. The van der Waals surface area contributed by atoms with E-state index in [2.05, 4.69) is 25.3 Å². The molecule has 0 bridgehead atoms. The van der Waals surface area contributed by atoms with Crippen LogP contribution in [0.4, 0.5) is 16.4 Å². The summed E-state index contributed by atoms with van der Waals surface area (Å²) in [5.74, 6) is -0.515. The van der Waals surface area contributed by atoms with Crippen LogP contribution >= 0.6 is 11.6 Å². The normalized spacial score (nSPS) is 18.6. The minimum absolute atomic E-state index is 0. The first-order valence-electron chi connectivity index (χ1n) is 19.9. The Bertz CT molecular complexity index is 1930. The number of nitrogen functional groups attached to an aromatic ring is 1. The van der Waals surface area contributed by atoms with Gasteiger partial charge >= 0.3 is 25.0 Å². The second-order valence-corrected chi connectivity index (χ2v) is 16.8. The standard InChI is InChI=1S/C25H32ClN5O3.C17H25N3O5.Li/c1-34-29-23(19-2-4-21(26)5-3-19)20-7-12-31(13-8-20)24(32)25(33)9-14-30(15-10-25)17-18-6-11-28-22(27)16-18;1-16(2,3)25-15(23)19-13-10-12(4-7-18-13)11-20-8-5-17(24,6-9-20)14(21)22;/h2-6,11,16,20,33H,7-10,12-15,17H2,1H3,(H2,27,28);4,7,10,24H,5-6,8-9,11H2,1-3H3,(H,21,22)(H,18,19,23);/q;;+1/p-1. The Labute approximate surface area is 368 Å². The fourth-order valence-corrected chi connectivity index (χ4v) is 7.60. The van der Waals surface area contributed by atoms with Crippen LogP contribution in [0.1, 0.15) is 76.0 Å². The van der Waals surface area contributed by atoms with Gasteiger partial charge in [0.1, 0.15) is 35.5 Å². The number of carbonyl (C=O) groups is 3. The summed E-state index contributed by atoms with van der Waals surface area (Å²) >= 11 is 6.03. The van der Waals surface area contributed by atoms with Crippen LogP contribution in [0.5, 0.6) is 0 Å². The zero-order chi connectivity index (χ0) is 42.8. The molecule has 3 saturated heterocycles. The molecule has 1 aromatic carbocycles. The summed E-state index contributed by atoms with van der Waals surface area (Å²) in [7, 11) is 1.54. The molecule has 2 aromatic heterocycles. The van der Waals surface area contributed by atoms with Crippen molar-refractivity contribution in [2.24, 2.45) is 11.1 Å². The largest absolute Gasteiger partial charge is 1.00 e. The second kappa shape index (κ2) is 21.5. The number of nitrogens with one attached hydrogen (secondary N) is 1. The van der Waals surface area contributed by atoms with Crippen molar-refractivity contribution in [3.8, 4) is 0 Å². The quantitative estimate of drug-likeness (QED) is 0.124. The molecule has 0 radical (unpaired) electrons. The van der Waals surface area contributed by atoms with Gasteiger partial charge in [-0.2, -0.15) is 0 Å². The van der Waals surface area contributed by atoms with E-state index in [4.69, 9.17) is 26.9 Å². The maximum Gasteiger partial charge on any atom is 1.00 e. The van der Waals surface area contributed by atoms with Gasteiger partial charge in [0.15, 0.2) is 0 Å². The van der Waals surface area contributed by atoms with Gasteiger partial charge in [-0.15, -0.1) is 0 Å². The van der Waals surface area contributed by atoms with E-state index in [0.29, 0.717) is 75.3 Å². The summed E-state index contributed by atoms with van der Waals surface area (Å²) < 4.78 is 5.19. The van der Waals surface area contributed by atoms with Crippen molar-refractivity contribution in [2.45, 2.75) is 89.2 Å². The molecule has 0 atom stereocenters. The van der Waals surface area contributed by atoms with E-state index >= 15 is 0 Å². The van der Waals surface area contributed by atoms with Crippen LogP contribution in [0.3, 0.4) is 0 Å². The van der Waals surface area contributed by atoms with Crippen LogP contribution in [-0.2, 0) is 32.3 Å². The topological polar surface area (TPSA) is 219 Å². The number of hydrogen-bond acceptors (Lipinski definition) is 14. The molecule has 0 spiro atoms. The molecular formula is C42H56ClLiN8O8. The Morgan fingerprint density at radius 3 is 1.93 bits per heavy atom. The number of carboxylic acid groups (broad SMARTS) is 1. The Kier molecular flexibility index (Phi) is 17.3. The molecule has 16 nitrogen and oxygen atoms in total. The minimum atomic E-state index is -1.74. The van der Waals surface area contributed by atoms with Crippen molar-refractivity contribution >= 4 is 46.9 Å². The number of nitrogens with two attached hydrogens (primary N) is 1. The average molecular weight is 843 g/mol. The van der Waals surface area contributed by atoms with Gasteiger partial charge in [0.25, 0.3) is 5.91 Å². The summed E-state index contributed by atoms with van der Waals surface area (Å²) in [6, 6.07) is 14.9. The molecule has 3 fully saturated rings. The molecule has 3 aliphatic heterocycles. The summed E-state index contributed by atoms with van der Waals surface area (Å²) in [6.45, 7) is 10.0. The van der Waals surface area contributed by atoms with E-state index in [0.717, 1.165) is 41.8 Å². The number of oxime groups is 1. The molecule has 0 unspecified atom stereocenters. The SMILES string of the molecule is CC(C)(C)OC(=O)Nc1cc(CN2CCC(O)(C(=O)[O-])CC2)ccn1.CON=C(c1ccc(Cl)cc1)C1CCN(C(=O)C2(O)CCN(Cc3ccnc(N)c3)CC2)CC1.[Li+]. The average Bonchev–Trinajstić information content (AvgIpc) is 3.19. The number of piperidine rings is 3. The maximum absolute atomic E-state index is 13.3. The van der Waals surface area contributed by atoms with Crippen molar-refractivity contribution in [3.63, 3.8) is 0 Å². The summed E-state index contributed by atoms with van der Waals surface area (Å²) in [4.78, 5) is 55.3. The molecule has 320 valence electrons. The fraction of sp³-hybridized carbons (Fsp3) is 0.524. The van der Waals surface area contributed by atoms with Gasteiger partial charge in [-0.3, -0.25) is 19.9 Å². The first kappa shape index (κ1) is 48.4. The van der Waals surface area contributed by atoms with Gasteiger partial charge in [-0.25, -0.2) is 14.8 Å². The van der Waals surface area contributed by atoms with E-state index < -0.39 is 28.9 Å². The number of aliphatic hydroxyl groups is 2. The number of pyridine rings is 2. The molecule has 60 heavy (non-hydrogen) atoms. The number of rotatable bonds is 10. The van der Waals surface area contributed by atoms with E-state index in [1.807, 2.05) is 52.3 Å². The number of hydrogen-bond donors (Lipinski definition) is 4. The molecule has 6 rings (SSSR count). The predicted octanol–water partition coefficient (Wildman–Crippen LogP) is 0.443. The maximum atomic E-state index is 13.3. The van der Waals surface area contributed by atoms with Gasteiger partial charge in [-0.05, 0) is 112 Å². The zero-order valence-corrected chi connectivity index (χ0v) is 36.0. The van der Waals surface area contributed by atoms with Crippen LogP contribution in [0.2, 0.25) is 5.02 Å². The predicted molar refractivity (Wildman–Crippen MR) is 221 cm³/mol. The fourth-order valence-electron chi connectivity index (χ4n) is 7.47. The first-order chi connectivity index (χ1) is 27.9. The van der Waals surface area contributed by atoms with E-state index in [-0.39, 0.29) is 43.5 Å². The molecule has 3 aromatic rings.